The molecule has 0 spiro atoms. The van der Waals surface area contributed by atoms with Gasteiger partial charge >= 0.3 is 29.6 Å². The van der Waals surface area contributed by atoms with Crippen LogP contribution >= 0.6 is 12.0 Å². The van der Waals surface area contributed by atoms with E-state index in [0.29, 0.717) is 24.3 Å². The first-order valence-corrected chi connectivity index (χ1v) is 5.08. The van der Waals surface area contributed by atoms with Crippen molar-refractivity contribution in [2.24, 2.45) is 0 Å². The van der Waals surface area contributed by atoms with Gasteiger partial charge in [0.2, 0.25) is 10.4 Å². The van der Waals surface area contributed by atoms with Gasteiger partial charge in [-0.2, -0.15) is 0 Å². The van der Waals surface area contributed by atoms with Crippen molar-refractivity contribution in [3.05, 3.63) is 0 Å². The molecule has 5 nitrogen and oxygen atoms in total. The van der Waals surface area contributed by atoms with E-state index in [1.807, 2.05) is 19.0 Å². The third-order valence-electron chi connectivity index (χ3n) is 0.753. The number of nitrogens with zero attached hydrogens (tertiary/aromatic N) is 1. The van der Waals surface area contributed by atoms with Crippen LogP contribution < -0.4 is 29.6 Å². The second kappa shape index (κ2) is 7.57. The summed E-state index contributed by atoms with van der Waals surface area (Å²) in [6, 6.07) is 0. The molecule has 0 fully saturated rings. The van der Waals surface area contributed by atoms with Gasteiger partial charge < -0.3 is 9.45 Å². The van der Waals surface area contributed by atoms with Crippen molar-refractivity contribution in [2.45, 2.75) is 0 Å². The summed E-state index contributed by atoms with van der Waals surface area (Å²) in [5.41, 5.74) is 0. The molecule has 0 heterocycles. The van der Waals surface area contributed by atoms with Gasteiger partial charge in [0, 0.05) is 24.3 Å². The zero-order chi connectivity index (χ0) is 8.91. The molecule has 0 radical (unpaired) electrons. The maximum atomic E-state index is 9.86. The summed E-state index contributed by atoms with van der Waals surface area (Å²) in [4.78, 5) is 1.85. The Balaban J connectivity index is 0. The minimum Gasteiger partial charge on any atom is -0.725 e. The van der Waals surface area contributed by atoms with Crippen LogP contribution in [0.2, 0.25) is 0 Å². The SMILES string of the molecule is CN(C)CCSOS(=O)(=O)[O-].[Na+]. The summed E-state index contributed by atoms with van der Waals surface area (Å²) >= 11 is 0.646. The van der Waals surface area contributed by atoms with Gasteiger partial charge in [-0.15, -0.1) is 0 Å². The third-order valence-corrected chi connectivity index (χ3v) is 2.15. The first-order valence-electron chi connectivity index (χ1n) is 2.83. The van der Waals surface area contributed by atoms with E-state index in [2.05, 4.69) is 3.63 Å². The molecule has 0 unspecified atom stereocenters. The molecule has 0 rings (SSSR count). The molecule has 0 amide bonds. The maximum Gasteiger partial charge on any atom is 1.00 e. The topological polar surface area (TPSA) is 69.7 Å². The predicted octanol–water partition coefficient (Wildman–Crippen LogP) is -3.32. The average Bonchev–Trinajstić information content (AvgIpc) is 1.78. The Morgan fingerprint density at radius 3 is 2.33 bits per heavy atom. The smallest absolute Gasteiger partial charge is 0.725 e. The number of rotatable bonds is 5. The van der Waals surface area contributed by atoms with Crippen molar-refractivity contribution >= 4 is 22.4 Å². The Bertz CT molecular complexity index is 193. The van der Waals surface area contributed by atoms with E-state index in [4.69, 9.17) is 0 Å². The van der Waals surface area contributed by atoms with Crippen LogP contribution in [0.15, 0.2) is 0 Å². The van der Waals surface area contributed by atoms with Gasteiger partial charge in [-0.25, -0.2) is 12.0 Å². The second-order valence-corrected chi connectivity index (χ2v) is 4.11. The number of hydrogen-bond donors (Lipinski definition) is 0. The van der Waals surface area contributed by atoms with Crippen molar-refractivity contribution in [1.82, 2.24) is 4.90 Å². The third kappa shape index (κ3) is 13.7. The van der Waals surface area contributed by atoms with Gasteiger partial charge in [-0.3, -0.25) is 0 Å². The van der Waals surface area contributed by atoms with Gasteiger partial charge in [-0.1, -0.05) is 0 Å². The zero-order valence-corrected chi connectivity index (χ0v) is 10.9. The zero-order valence-electron chi connectivity index (χ0n) is 7.31. The van der Waals surface area contributed by atoms with E-state index in [1.165, 1.54) is 0 Å². The molecule has 0 saturated heterocycles. The standard InChI is InChI=1S/C4H11NO4S2.Na/c1-5(2)3-4-10-9-11(6,7)8;/h3-4H2,1-2H3,(H,6,7,8);/q;+1/p-1. The Hall–Kier alpha value is 1.18. The maximum absolute atomic E-state index is 9.86. The molecule has 68 valence electrons. The van der Waals surface area contributed by atoms with Gasteiger partial charge in [-0.05, 0) is 14.1 Å². The summed E-state index contributed by atoms with van der Waals surface area (Å²) in [6.07, 6.45) is 0. The van der Waals surface area contributed by atoms with Crippen LogP contribution in [-0.2, 0) is 14.0 Å². The molecule has 0 bridgehead atoms. The first kappa shape index (κ1) is 15.6. The first-order chi connectivity index (χ1) is 4.92. The van der Waals surface area contributed by atoms with Crippen molar-refractivity contribution in [1.29, 1.82) is 0 Å². The van der Waals surface area contributed by atoms with E-state index in [9.17, 15) is 13.0 Å². The van der Waals surface area contributed by atoms with E-state index >= 15 is 0 Å². The molecule has 0 aliphatic rings. The van der Waals surface area contributed by atoms with Gasteiger partial charge in [0.1, 0.15) is 0 Å². The van der Waals surface area contributed by atoms with Crippen LogP contribution in [0.4, 0.5) is 0 Å². The van der Waals surface area contributed by atoms with Crippen molar-refractivity contribution in [3.8, 4) is 0 Å². The quantitative estimate of drug-likeness (QED) is 0.160. The van der Waals surface area contributed by atoms with Gasteiger partial charge in [0.15, 0.2) is 0 Å². The molecule has 0 aromatic rings. The normalized spacial score (nSPS) is 11.3. The fourth-order valence-electron chi connectivity index (χ4n) is 0.313. The summed E-state index contributed by atoms with van der Waals surface area (Å²) < 4.78 is 33.5. The van der Waals surface area contributed by atoms with Crippen LogP contribution in [0.25, 0.3) is 0 Å². The fourth-order valence-corrected chi connectivity index (χ4v) is 1.50. The summed E-state index contributed by atoms with van der Waals surface area (Å²) in [5, 5.41) is 0. The molecule has 0 atom stereocenters. The molecule has 0 saturated carbocycles. The largest absolute Gasteiger partial charge is 1.00 e. The summed E-state index contributed by atoms with van der Waals surface area (Å²) in [6.45, 7) is 0.667. The van der Waals surface area contributed by atoms with Crippen molar-refractivity contribution in [3.63, 3.8) is 0 Å². The van der Waals surface area contributed by atoms with E-state index < -0.39 is 10.4 Å². The Morgan fingerprint density at radius 1 is 1.50 bits per heavy atom. The molecule has 12 heavy (non-hydrogen) atoms. The Kier molecular flexibility index (Phi) is 9.87. The molecule has 8 heteroatoms. The summed E-state index contributed by atoms with van der Waals surface area (Å²) in [5.74, 6) is 0.453. The van der Waals surface area contributed by atoms with Crippen molar-refractivity contribution in [2.75, 3.05) is 26.4 Å². The van der Waals surface area contributed by atoms with E-state index in [-0.39, 0.29) is 29.6 Å². The van der Waals surface area contributed by atoms with Crippen LogP contribution in [0.1, 0.15) is 0 Å². The Morgan fingerprint density at radius 2 is 2.00 bits per heavy atom. The van der Waals surface area contributed by atoms with E-state index in [1.54, 1.807) is 0 Å². The predicted molar refractivity (Wildman–Crippen MR) is 41.8 cm³/mol. The molecule has 0 aromatic heterocycles. The molecule has 0 aliphatic heterocycles. The molecular weight excluding hydrogens is 213 g/mol. The van der Waals surface area contributed by atoms with Crippen LogP contribution in [0.3, 0.4) is 0 Å². The molecule has 0 aliphatic carbocycles. The molecule has 0 N–H and O–H groups in total. The fraction of sp³-hybridized carbons (Fsp3) is 1.00. The van der Waals surface area contributed by atoms with Gasteiger partial charge in [0.05, 0.1) is 0 Å². The number of hydrogen-bond acceptors (Lipinski definition) is 6. The van der Waals surface area contributed by atoms with Crippen LogP contribution in [-0.4, -0.2) is 44.3 Å². The minimum absolute atomic E-state index is 0. The van der Waals surface area contributed by atoms with Crippen LogP contribution in [0.5, 0.6) is 0 Å². The van der Waals surface area contributed by atoms with Crippen molar-refractivity contribution < 1.29 is 46.2 Å². The monoisotopic (exact) mass is 223 g/mol. The molecular formula is C4H10NNaO4S2. The average molecular weight is 223 g/mol. The minimum atomic E-state index is -4.53. The molecule has 0 aromatic carbocycles. The second-order valence-electron chi connectivity index (χ2n) is 2.10. The van der Waals surface area contributed by atoms with Crippen LogP contribution in [0, 0.1) is 0 Å². The van der Waals surface area contributed by atoms with E-state index in [0.717, 1.165) is 0 Å². The Labute approximate surface area is 99.3 Å². The van der Waals surface area contributed by atoms with Gasteiger partial charge in [0.25, 0.3) is 0 Å². The summed E-state index contributed by atoms with van der Waals surface area (Å²) in [7, 11) is -0.849.